The van der Waals surface area contributed by atoms with Crippen molar-refractivity contribution in [1.29, 1.82) is 0 Å². The molecule has 8 heteroatoms. The summed E-state index contributed by atoms with van der Waals surface area (Å²) in [7, 11) is 0. The summed E-state index contributed by atoms with van der Waals surface area (Å²) in [6.07, 6.45) is 7.94. The van der Waals surface area contributed by atoms with Gasteiger partial charge in [0.25, 0.3) is 0 Å². The Balaban J connectivity index is 1.53. The molecular formula is C23H34N6OS. The van der Waals surface area contributed by atoms with Gasteiger partial charge in [-0.1, -0.05) is 26.7 Å². The number of thiocarbonyl (C=S) groups is 1. The van der Waals surface area contributed by atoms with Crippen LogP contribution in [0.1, 0.15) is 51.7 Å². The van der Waals surface area contributed by atoms with Gasteiger partial charge in [-0.05, 0) is 55.4 Å². The van der Waals surface area contributed by atoms with Gasteiger partial charge in [-0.15, -0.1) is 0 Å². The van der Waals surface area contributed by atoms with Crippen LogP contribution >= 0.6 is 12.2 Å². The third-order valence-corrected chi connectivity index (χ3v) is 6.30. The van der Waals surface area contributed by atoms with E-state index in [4.69, 9.17) is 26.6 Å². The second kappa shape index (κ2) is 10.3. The van der Waals surface area contributed by atoms with Crippen LogP contribution in [0.4, 0.5) is 17.6 Å². The van der Waals surface area contributed by atoms with E-state index in [-0.39, 0.29) is 0 Å². The Kier molecular flexibility index (Phi) is 7.27. The molecule has 2 aliphatic heterocycles. The fraction of sp³-hybridized carbons (Fsp3) is 0.609. The zero-order chi connectivity index (χ0) is 21.6. The van der Waals surface area contributed by atoms with Crippen LogP contribution in [0, 0.1) is 11.8 Å². The van der Waals surface area contributed by atoms with Crippen molar-refractivity contribution < 1.29 is 4.42 Å². The molecule has 7 nitrogen and oxygen atoms in total. The number of aromatic nitrogens is 2. The molecule has 2 atom stereocenters. The van der Waals surface area contributed by atoms with E-state index in [0.717, 1.165) is 43.6 Å². The SMILES string of the molecule is C[C@@H]1C[C@@H](C)CN(c2cc(N3CCCCCC3)nc(NC(=S)NCc3ccco3)n2)C1. The van der Waals surface area contributed by atoms with Crippen LogP contribution in [0.25, 0.3) is 0 Å². The average Bonchev–Trinajstić information content (AvgIpc) is 3.11. The molecule has 0 radical (unpaired) electrons. The van der Waals surface area contributed by atoms with Crippen molar-refractivity contribution in [2.24, 2.45) is 11.8 Å². The number of rotatable bonds is 5. The highest BCUT2D eigenvalue weighted by molar-refractivity contribution is 7.80. The third kappa shape index (κ3) is 6.09. The standard InChI is InChI=1S/C23H34N6OS/c1-17-12-18(2)16-29(15-17)21-13-20(28-9-5-3-4-6-10-28)25-22(26-21)27-23(31)24-14-19-8-7-11-30-19/h7-8,11,13,17-18H,3-6,9-10,12,14-16H2,1-2H3,(H2,24,25,26,27,31)/t17-,18-/m1/s1. The molecule has 0 bridgehead atoms. The van der Waals surface area contributed by atoms with Gasteiger partial charge in [-0.3, -0.25) is 0 Å². The van der Waals surface area contributed by atoms with E-state index in [1.165, 1.54) is 32.1 Å². The number of nitrogens with zero attached hydrogens (tertiary/aromatic N) is 4. The van der Waals surface area contributed by atoms with E-state index in [1.54, 1.807) is 6.26 Å². The van der Waals surface area contributed by atoms with Crippen molar-refractivity contribution in [2.45, 2.75) is 52.5 Å². The fourth-order valence-corrected chi connectivity index (χ4v) is 4.84. The van der Waals surface area contributed by atoms with E-state index < -0.39 is 0 Å². The molecular weight excluding hydrogens is 408 g/mol. The van der Waals surface area contributed by atoms with Crippen molar-refractivity contribution in [3.63, 3.8) is 0 Å². The van der Waals surface area contributed by atoms with E-state index in [1.807, 2.05) is 12.1 Å². The van der Waals surface area contributed by atoms with Crippen molar-refractivity contribution >= 4 is 34.9 Å². The lowest BCUT2D eigenvalue weighted by molar-refractivity contribution is 0.355. The second-order valence-corrected chi connectivity index (χ2v) is 9.46. The minimum Gasteiger partial charge on any atom is -0.467 e. The number of hydrogen-bond donors (Lipinski definition) is 2. The molecule has 0 spiro atoms. The van der Waals surface area contributed by atoms with E-state index in [0.29, 0.717) is 29.4 Å². The molecule has 2 aliphatic rings. The van der Waals surface area contributed by atoms with Gasteiger partial charge in [0.05, 0.1) is 12.8 Å². The van der Waals surface area contributed by atoms with Crippen LogP contribution in [0.5, 0.6) is 0 Å². The van der Waals surface area contributed by atoms with E-state index in [9.17, 15) is 0 Å². The van der Waals surface area contributed by atoms with Gasteiger partial charge < -0.3 is 24.9 Å². The van der Waals surface area contributed by atoms with Crippen LogP contribution < -0.4 is 20.4 Å². The van der Waals surface area contributed by atoms with Gasteiger partial charge in [0, 0.05) is 32.2 Å². The maximum atomic E-state index is 5.50. The molecule has 0 saturated carbocycles. The first-order valence-corrected chi connectivity index (χ1v) is 11.9. The Bertz CT molecular complexity index is 840. The highest BCUT2D eigenvalue weighted by Gasteiger charge is 2.24. The molecule has 0 unspecified atom stereocenters. The lowest BCUT2D eigenvalue weighted by Gasteiger charge is -2.36. The normalized spacial score (nSPS) is 22.1. The lowest BCUT2D eigenvalue weighted by Crippen LogP contribution is -2.39. The van der Waals surface area contributed by atoms with Crippen LogP contribution in [0.2, 0.25) is 0 Å². The van der Waals surface area contributed by atoms with Crippen LogP contribution in [-0.2, 0) is 6.54 Å². The van der Waals surface area contributed by atoms with Crippen LogP contribution in [-0.4, -0.2) is 41.3 Å². The van der Waals surface area contributed by atoms with Crippen molar-refractivity contribution in [2.75, 3.05) is 41.3 Å². The number of piperidine rings is 1. The van der Waals surface area contributed by atoms with E-state index >= 15 is 0 Å². The summed E-state index contributed by atoms with van der Waals surface area (Å²) in [6.45, 7) is 9.33. The quantitative estimate of drug-likeness (QED) is 0.660. The van der Waals surface area contributed by atoms with Gasteiger partial charge in [-0.2, -0.15) is 9.97 Å². The smallest absolute Gasteiger partial charge is 0.232 e. The van der Waals surface area contributed by atoms with Crippen LogP contribution in [0.3, 0.4) is 0 Å². The zero-order valence-corrected chi connectivity index (χ0v) is 19.5. The lowest BCUT2D eigenvalue weighted by atomic mass is 9.92. The Morgan fingerprint density at radius 2 is 1.74 bits per heavy atom. The summed E-state index contributed by atoms with van der Waals surface area (Å²) in [5.74, 6) is 4.69. The van der Waals surface area contributed by atoms with Gasteiger partial charge in [0.1, 0.15) is 17.4 Å². The van der Waals surface area contributed by atoms with Crippen molar-refractivity contribution in [1.82, 2.24) is 15.3 Å². The predicted octanol–water partition coefficient (Wildman–Crippen LogP) is 4.42. The monoisotopic (exact) mass is 442 g/mol. The molecule has 4 rings (SSSR count). The first-order valence-electron chi connectivity index (χ1n) is 11.5. The third-order valence-electron chi connectivity index (χ3n) is 6.05. The number of furan rings is 1. The number of anilines is 3. The predicted molar refractivity (Wildman–Crippen MR) is 130 cm³/mol. The average molecular weight is 443 g/mol. The molecule has 168 valence electrons. The molecule has 0 aliphatic carbocycles. The van der Waals surface area contributed by atoms with Crippen LogP contribution in [0.15, 0.2) is 28.9 Å². The summed E-state index contributed by atoms with van der Waals surface area (Å²) >= 11 is 5.50. The fourth-order valence-electron chi connectivity index (χ4n) is 4.68. The molecule has 0 aromatic carbocycles. The maximum Gasteiger partial charge on any atom is 0.232 e. The summed E-state index contributed by atoms with van der Waals surface area (Å²) in [6, 6.07) is 5.96. The minimum atomic E-state index is 0.496. The first-order chi connectivity index (χ1) is 15.1. The Hall–Kier alpha value is -2.35. The molecule has 0 amide bonds. The van der Waals surface area contributed by atoms with Crippen molar-refractivity contribution in [3.05, 3.63) is 30.2 Å². The highest BCUT2D eigenvalue weighted by Crippen LogP contribution is 2.29. The maximum absolute atomic E-state index is 5.50. The largest absolute Gasteiger partial charge is 0.467 e. The number of nitrogens with one attached hydrogen (secondary N) is 2. The van der Waals surface area contributed by atoms with Gasteiger partial charge in [0.15, 0.2) is 5.11 Å². The molecule has 2 fully saturated rings. The van der Waals surface area contributed by atoms with Gasteiger partial charge >= 0.3 is 0 Å². The summed E-state index contributed by atoms with van der Waals surface area (Å²) in [4.78, 5) is 14.5. The molecule has 2 aromatic heterocycles. The Morgan fingerprint density at radius 3 is 2.39 bits per heavy atom. The summed E-state index contributed by atoms with van der Waals surface area (Å²) < 4.78 is 5.37. The molecule has 2 N–H and O–H groups in total. The van der Waals surface area contributed by atoms with Crippen molar-refractivity contribution in [3.8, 4) is 0 Å². The first kappa shape index (κ1) is 21.9. The molecule has 4 heterocycles. The zero-order valence-electron chi connectivity index (χ0n) is 18.6. The minimum absolute atomic E-state index is 0.496. The molecule has 2 aromatic rings. The molecule has 2 saturated heterocycles. The molecule has 31 heavy (non-hydrogen) atoms. The van der Waals surface area contributed by atoms with Gasteiger partial charge in [0.2, 0.25) is 5.95 Å². The van der Waals surface area contributed by atoms with E-state index in [2.05, 4.69) is 40.3 Å². The topological polar surface area (TPSA) is 69.5 Å². The highest BCUT2D eigenvalue weighted by atomic mass is 32.1. The summed E-state index contributed by atoms with van der Waals surface area (Å²) in [5, 5.41) is 6.88. The van der Waals surface area contributed by atoms with Gasteiger partial charge in [-0.25, -0.2) is 0 Å². The Labute approximate surface area is 190 Å². The summed E-state index contributed by atoms with van der Waals surface area (Å²) in [5.41, 5.74) is 0. The second-order valence-electron chi connectivity index (χ2n) is 9.05. The Morgan fingerprint density at radius 1 is 1.06 bits per heavy atom. The number of hydrogen-bond acceptors (Lipinski definition) is 6.